The van der Waals surface area contributed by atoms with E-state index in [0.717, 1.165) is 160 Å². The summed E-state index contributed by atoms with van der Waals surface area (Å²) in [6, 6.07) is 24.5. The molecule has 0 bridgehead atoms. The molecule has 12 aromatic rings. The average molecular weight is 1920 g/mol. The van der Waals surface area contributed by atoms with Gasteiger partial charge in [-0.1, -0.05) is 30.3 Å². The zero-order valence-corrected chi connectivity index (χ0v) is 82.6. The Kier molecular flexibility index (Phi) is 24.9. The molecule has 12 aromatic heterocycles. The summed E-state index contributed by atoms with van der Waals surface area (Å²) in [5.74, 6) is 12.0. The largest absolute Gasteiger partial charge is 0.418 e. The average Bonchev–Trinajstić information content (AvgIpc) is 1.57. The van der Waals surface area contributed by atoms with Crippen LogP contribution in [-0.2, 0) is 72.9 Å². The summed E-state index contributed by atoms with van der Waals surface area (Å²) >= 11 is 0. The second kappa shape index (κ2) is 36.5. The van der Waals surface area contributed by atoms with E-state index < -0.39 is 45.0 Å². The second-order valence-electron chi connectivity index (χ2n) is 44.1. The number of nitrogens with one attached hydrogen (secondary N) is 12. The van der Waals surface area contributed by atoms with Crippen LogP contribution in [0.25, 0.3) is 38.7 Å². The molecule has 19 heterocycles. The van der Waals surface area contributed by atoms with Crippen LogP contribution in [-0.4, -0.2) is 188 Å². The number of carbonyl (C=O) groups excluding carboxylic acids is 6. The van der Waals surface area contributed by atoms with Crippen LogP contribution in [0.2, 0.25) is 0 Å². The Hall–Kier alpha value is -12.4. The summed E-state index contributed by atoms with van der Waals surface area (Å²) in [5.41, 5.74) is 6.71. The molecule has 0 radical (unpaired) electrons. The fourth-order valence-corrected chi connectivity index (χ4v) is 24.2. The summed E-state index contributed by atoms with van der Waals surface area (Å²) in [7, 11) is 0. The standard InChI is InChI=1S/C21H26N4O2.C18H24N4O.C17H19F3N4O.C17H19N5O.C17H22N4O.C15H19N5O/c1-21(2,24-19(26)17-14-11-22-12-15(14)17)20-23-18(13-6-9-27-10-7-13)16-5-3-4-8-25(16)20;1-10-6-5-7-22-15(10)11(2)20-17(22)18(3,4)21-16(23)14-12-8-19-9-13(12)14;1-16(2,23-14(25)13-9-6-21-7-10(9)13)15-22-8-12-11(17(18,19)20)4-3-5-24(12)15;1-17(2,21-15(23)14-10-8-19-9-11(10)14)16-20-12(7-18)13-5-3-4-6-22(13)16;1-10-5-4-6-21-13(10)9-19-16(21)17(2,3)20-15(22)14-11-7-18-8-12(11)14;1-15(2,14-18-6-9-5-16-3-4-20(9)14)19-13(21)12-10-7-17-8-11(10)12/h3-6,8,14-15,17,22H,7,9-12H2,1-2H3,(H,24,26);5-7,12-14,19H,8-9H2,1-4H3,(H,21,23);3-5,8-10,13,21H,6-7H2,1-2H3,(H,23,25);3-6,10-11,14,19H,8-9H2,1-2H3,(H,21,23);4-6,9,11-12,14,18H,7-8H2,1-3H3,(H,20,22);3-6,10-12,17H,7-8H2,1-2H3,(H,19,21)/t14-,15+,17?;12-,13+,14?;9-,10+,13?;10-,11+,14?;11-,12+,14?;10-,11+,12?. The molecule has 25 rings (SSSR count). The maximum Gasteiger partial charge on any atom is 0.418 e. The lowest BCUT2D eigenvalue weighted by atomic mass is 10.0. The van der Waals surface area contributed by atoms with Crippen LogP contribution in [0.4, 0.5) is 13.2 Å². The summed E-state index contributed by atoms with van der Waals surface area (Å²) in [4.78, 5) is 107. The first-order valence-corrected chi connectivity index (χ1v) is 49.7. The van der Waals surface area contributed by atoms with Crippen LogP contribution in [0.5, 0.6) is 0 Å². The van der Waals surface area contributed by atoms with Gasteiger partial charge in [-0.05, 0) is 325 Å². The highest BCUT2D eigenvalue weighted by Crippen LogP contribution is 2.54. The summed E-state index contributed by atoms with van der Waals surface area (Å²) < 4.78 is 56.5. The van der Waals surface area contributed by atoms with Gasteiger partial charge in [0, 0.05) is 78.9 Å². The molecule has 0 aromatic carbocycles. The van der Waals surface area contributed by atoms with E-state index >= 15 is 0 Å². The van der Waals surface area contributed by atoms with Gasteiger partial charge >= 0.3 is 6.18 Å². The van der Waals surface area contributed by atoms with Crippen LogP contribution in [0, 0.1) is 139 Å². The van der Waals surface area contributed by atoms with Gasteiger partial charge in [0.05, 0.1) is 121 Å². The smallest absolute Gasteiger partial charge is 0.377 e. The number of amides is 6. The first-order valence-electron chi connectivity index (χ1n) is 49.7. The molecule has 18 atom stereocenters. The minimum absolute atomic E-state index is 0.00233. The molecule has 6 saturated heterocycles. The third kappa shape index (κ3) is 18.3. The number of ether oxygens (including phenoxy) is 1. The number of rotatable bonds is 19. The molecule has 6 amide bonds. The maximum absolute atomic E-state index is 13.2. The van der Waals surface area contributed by atoms with E-state index in [1.54, 1.807) is 32.4 Å². The van der Waals surface area contributed by atoms with E-state index in [1.807, 2.05) is 165 Å². The number of piperidine rings is 6. The molecule has 742 valence electrons. The summed E-state index contributed by atoms with van der Waals surface area (Å²) in [6.45, 7) is 42.6. The van der Waals surface area contributed by atoms with Crippen LogP contribution >= 0.6 is 0 Å². The summed E-state index contributed by atoms with van der Waals surface area (Å²) in [5, 5.41) is 48.2. The number of hydrogen-bond donors (Lipinski definition) is 12. The molecule has 12 N–H and O–H groups in total. The van der Waals surface area contributed by atoms with Crippen molar-refractivity contribution in [1.82, 2.24) is 125 Å². The number of imidazole rings is 6. The predicted molar refractivity (Wildman–Crippen MR) is 523 cm³/mol. The molecule has 7 aliphatic heterocycles. The minimum Gasteiger partial charge on any atom is -0.377 e. The van der Waals surface area contributed by atoms with Crippen molar-refractivity contribution in [2.24, 2.45) is 107 Å². The highest BCUT2D eigenvalue weighted by Gasteiger charge is 2.63. The van der Waals surface area contributed by atoms with Crippen molar-refractivity contribution in [2.45, 2.75) is 150 Å². The van der Waals surface area contributed by atoms with Crippen molar-refractivity contribution in [3.63, 3.8) is 0 Å². The van der Waals surface area contributed by atoms with Crippen molar-refractivity contribution in [3.8, 4) is 6.07 Å². The number of aromatic nitrogens is 13. The van der Waals surface area contributed by atoms with E-state index in [1.165, 1.54) is 39.6 Å². The summed E-state index contributed by atoms with van der Waals surface area (Å²) in [6.07, 6.45) is 18.3. The van der Waals surface area contributed by atoms with Crippen LogP contribution in [0.15, 0.2) is 147 Å². The van der Waals surface area contributed by atoms with E-state index in [9.17, 15) is 47.2 Å². The van der Waals surface area contributed by atoms with Gasteiger partial charge in [-0.15, -0.1) is 0 Å². The molecule has 12 fully saturated rings. The van der Waals surface area contributed by atoms with Crippen molar-refractivity contribution in [3.05, 3.63) is 216 Å². The predicted octanol–water partition coefficient (Wildman–Crippen LogP) is 8.92. The SMILES string of the molecule is CC(C)(NC(=O)C1[C@H]2CNC[C@@H]12)c1nc(C#N)c2ccccn12.CC(C)(NC(=O)C1[C@H]2CNC[C@@H]12)c1nc(C2=CCOCC2)c2ccccn12.CC(C)(NC(=O)C1[C@H]2CNC[C@@H]12)c1ncc2c(C(F)(F)F)cccn12.CC(C)(NC(=O)C1[C@H]2CNC[C@@H]12)c1ncc2cnccn12.Cc1cccn2c(C(C)(C)NC(=O)C3[C@H]4CNC[C@@H]34)nc(C)c12.Cc1cccn2c(C(C)(C)NC(=O)C3[C@H]4CNC[C@@H]34)ncc12. The van der Waals surface area contributed by atoms with Crippen molar-refractivity contribution in [2.75, 3.05) is 91.8 Å². The van der Waals surface area contributed by atoms with Gasteiger partial charge in [0.15, 0.2) is 5.69 Å². The monoisotopic (exact) mass is 1920 g/mol. The molecular weight excluding hydrogens is 1790 g/mol. The van der Waals surface area contributed by atoms with E-state index in [-0.39, 0.29) is 76.5 Å². The Labute approximate surface area is 816 Å². The number of fused-ring (bicyclic) bond motifs is 12. The van der Waals surface area contributed by atoms with Crippen LogP contribution in [0.1, 0.15) is 158 Å². The number of alkyl halides is 3. The molecule has 0 spiro atoms. The van der Waals surface area contributed by atoms with Crippen LogP contribution in [0.3, 0.4) is 0 Å². The van der Waals surface area contributed by atoms with Crippen molar-refractivity contribution < 1.29 is 46.7 Å². The van der Waals surface area contributed by atoms with Gasteiger partial charge in [0.25, 0.3) is 0 Å². The third-order valence-electron chi connectivity index (χ3n) is 31.8. The zero-order valence-electron chi connectivity index (χ0n) is 82.6. The fraction of sp³-hybridized carbons (Fsp3) is 0.524. The van der Waals surface area contributed by atoms with E-state index in [2.05, 4.69) is 146 Å². The number of nitrogens with zero attached hydrogens (tertiary/aromatic N) is 14. The molecule has 6 aliphatic carbocycles. The number of halogens is 3. The number of nitriles is 1. The molecule has 6 saturated carbocycles. The lowest BCUT2D eigenvalue weighted by molar-refractivity contribution is -0.136. The Morgan fingerprint density at radius 1 is 0.383 bits per heavy atom. The normalized spacial score (nSPS) is 26.7. The molecule has 13 aliphatic rings. The molecule has 33 nitrogen and oxygen atoms in total. The van der Waals surface area contributed by atoms with Gasteiger partial charge in [-0.2, -0.15) is 18.4 Å². The quantitative estimate of drug-likeness (QED) is 0.0359. The van der Waals surface area contributed by atoms with Gasteiger partial charge in [-0.25, -0.2) is 29.9 Å². The van der Waals surface area contributed by atoms with Gasteiger partial charge < -0.3 is 90.5 Å². The minimum atomic E-state index is -4.45. The number of aryl methyl sites for hydroxylation is 3. The highest BCUT2D eigenvalue weighted by atomic mass is 19.4. The molecule has 36 heteroatoms. The fourth-order valence-electron chi connectivity index (χ4n) is 24.2. The Morgan fingerprint density at radius 3 is 1.15 bits per heavy atom. The van der Waals surface area contributed by atoms with Gasteiger partial charge in [0.1, 0.15) is 41.0 Å². The first kappa shape index (κ1) is 96.1. The van der Waals surface area contributed by atoms with Gasteiger partial charge in [-0.3, -0.25) is 38.2 Å². The molecule has 141 heavy (non-hydrogen) atoms. The Bertz CT molecular complexity index is 6900. The number of hydrogen-bond acceptors (Lipinski definition) is 21. The lowest BCUT2D eigenvalue weighted by Crippen LogP contribution is -2.44. The van der Waals surface area contributed by atoms with E-state index in [4.69, 9.17) is 14.7 Å². The Morgan fingerprint density at radius 2 is 0.730 bits per heavy atom. The van der Waals surface area contributed by atoms with E-state index in [0.29, 0.717) is 95.0 Å². The van der Waals surface area contributed by atoms with Crippen molar-refractivity contribution in [1.29, 1.82) is 5.26 Å². The van der Waals surface area contributed by atoms with Crippen molar-refractivity contribution >= 4 is 74.1 Å². The van der Waals surface area contributed by atoms with Crippen LogP contribution < -0.4 is 63.8 Å². The maximum atomic E-state index is 13.2. The Balaban J connectivity index is 0.000000104. The molecule has 6 unspecified atom stereocenters. The second-order valence-corrected chi connectivity index (χ2v) is 44.1. The number of carbonyl (C=O) groups is 6. The first-order chi connectivity index (χ1) is 67.2. The third-order valence-corrected chi connectivity index (χ3v) is 31.8. The number of pyridine rings is 5. The zero-order chi connectivity index (χ0) is 99.2. The molecular formula is C105H129F3N26O7. The highest BCUT2D eigenvalue weighted by molar-refractivity contribution is 5.87. The topological polar surface area (TPSA) is 396 Å². The lowest BCUT2D eigenvalue weighted by Gasteiger charge is -2.26. The van der Waals surface area contributed by atoms with Gasteiger partial charge in [0.2, 0.25) is 35.4 Å².